The molecule has 2 saturated carbocycles. The van der Waals surface area contributed by atoms with Gasteiger partial charge >= 0.3 is 0 Å². The second-order valence-corrected chi connectivity index (χ2v) is 10.1. The second kappa shape index (κ2) is 6.17. The van der Waals surface area contributed by atoms with Crippen molar-refractivity contribution in [2.75, 3.05) is 0 Å². The van der Waals surface area contributed by atoms with Gasteiger partial charge in [0.05, 0.1) is 16.0 Å². The smallest absolute Gasteiger partial charge is 0.240 e. The number of nitrogens with zero attached hydrogens (tertiary/aromatic N) is 4. The molecule has 0 saturated heterocycles. The third-order valence-electron chi connectivity index (χ3n) is 6.10. The van der Waals surface area contributed by atoms with Crippen molar-refractivity contribution in [3.8, 4) is 0 Å². The average Bonchev–Trinajstić information content (AvgIpc) is 3.56. The molecule has 0 unspecified atom stereocenters. The number of hydrogen-bond donors (Lipinski definition) is 1. The maximum atomic E-state index is 12.7. The van der Waals surface area contributed by atoms with E-state index in [2.05, 4.69) is 24.8 Å². The molecule has 2 atom stereocenters. The summed E-state index contributed by atoms with van der Waals surface area (Å²) in [5.41, 5.74) is 0.149. The zero-order valence-corrected chi connectivity index (χ0v) is 16.9. The van der Waals surface area contributed by atoms with Gasteiger partial charge in [-0.2, -0.15) is 4.98 Å². The molecule has 29 heavy (non-hydrogen) atoms. The monoisotopic (exact) mass is 411 g/mol. The highest BCUT2D eigenvalue weighted by Gasteiger charge is 2.63. The third kappa shape index (κ3) is 2.96. The van der Waals surface area contributed by atoms with Gasteiger partial charge in [-0.3, -0.25) is 9.97 Å². The Morgan fingerprint density at radius 3 is 2.55 bits per heavy atom. The SMILES string of the molecule is CC1(C)[C@H](c2noc(C3(c4cnccn4)CC3)n2)[C@@H]1NS(=O)(=O)c1ccccc1. The van der Waals surface area contributed by atoms with Crippen molar-refractivity contribution < 1.29 is 12.9 Å². The molecule has 0 bridgehead atoms. The van der Waals surface area contributed by atoms with Crippen LogP contribution in [0.3, 0.4) is 0 Å². The van der Waals surface area contributed by atoms with Crippen LogP contribution in [0.5, 0.6) is 0 Å². The Hall–Kier alpha value is -2.65. The van der Waals surface area contributed by atoms with Crippen LogP contribution < -0.4 is 4.72 Å². The summed E-state index contributed by atoms with van der Waals surface area (Å²) in [5.74, 6) is 0.900. The fourth-order valence-electron chi connectivity index (χ4n) is 3.98. The predicted molar refractivity (Wildman–Crippen MR) is 103 cm³/mol. The van der Waals surface area contributed by atoms with E-state index in [9.17, 15) is 8.42 Å². The molecule has 1 aromatic carbocycles. The minimum atomic E-state index is -3.62. The molecule has 0 spiro atoms. The van der Waals surface area contributed by atoms with Gasteiger partial charge < -0.3 is 4.52 Å². The minimum Gasteiger partial charge on any atom is -0.338 e. The molecule has 8 nitrogen and oxygen atoms in total. The number of rotatable bonds is 6. The maximum absolute atomic E-state index is 12.7. The fraction of sp³-hybridized carbons (Fsp3) is 0.400. The summed E-state index contributed by atoms with van der Waals surface area (Å²) in [4.78, 5) is 13.4. The Morgan fingerprint density at radius 1 is 1.14 bits per heavy atom. The topological polar surface area (TPSA) is 111 Å². The first-order valence-corrected chi connectivity index (χ1v) is 11.0. The zero-order chi connectivity index (χ0) is 20.3. The molecule has 2 fully saturated rings. The number of benzene rings is 1. The van der Waals surface area contributed by atoms with E-state index < -0.39 is 10.0 Å². The summed E-state index contributed by atoms with van der Waals surface area (Å²) in [6.45, 7) is 4.00. The van der Waals surface area contributed by atoms with E-state index in [0.29, 0.717) is 11.7 Å². The molecule has 2 aromatic heterocycles. The Bertz CT molecular complexity index is 1140. The van der Waals surface area contributed by atoms with Gasteiger partial charge in [0.25, 0.3) is 0 Å². The van der Waals surface area contributed by atoms with Crippen molar-refractivity contribution in [3.05, 3.63) is 66.3 Å². The summed E-state index contributed by atoms with van der Waals surface area (Å²) in [5, 5.41) is 4.19. The van der Waals surface area contributed by atoms with Gasteiger partial charge in [0.2, 0.25) is 15.9 Å². The van der Waals surface area contributed by atoms with E-state index in [4.69, 9.17) is 4.52 Å². The molecule has 1 N–H and O–H groups in total. The number of aromatic nitrogens is 4. The predicted octanol–water partition coefficient (Wildman–Crippen LogP) is 2.41. The second-order valence-electron chi connectivity index (χ2n) is 8.34. The first-order valence-electron chi connectivity index (χ1n) is 9.53. The Kier molecular flexibility index (Phi) is 3.91. The van der Waals surface area contributed by atoms with Crippen molar-refractivity contribution in [1.29, 1.82) is 0 Å². The standard InChI is InChI=1S/C20H21N5O3S/c1-19(2)15(16(19)25-29(26,27)13-6-4-3-5-7-13)17-23-18(28-24-17)20(8-9-20)14-12-21-10-11-22-14/h3-7,10-12,15-16,25H,8-9H2,1-2H3/t15-,16-/m0/s1. The molecule has 2 aliphatic carbocycles. The van der Waals surface area contributed by atoms with Crippen LogP contribution in [-0.4, -0.2) is 34.6 Å². The van der Waals surface area contributed by atoms with Crippen molar-refractivity contribution >= 4 is 10.0 Å². The maximum Gasteiger partial charge on any atom is 0.240 e. The van der Waals surface area contributed by atoms with Gasteiger partial charge in [-0.1, -0.05) is 37.2 Å². The van der Waals surface area contributed by atoms with E-state index >= 15 is 0 Å². The molecule has 9 heteroatoms. The normalized spacial score (nSPS) is 24.2. The highest BCUT2D eigenvalue weighted by molar-refractivity contribution is 7.89. The summed E-state index contributed by atoms with van der Waals surface area (Å²) < 4.78 is 33.8. The first kappa shape index (κ1) is 18.4. The lowest BCUT2D eigenvalue weighted by atomic mass is 10.0. The fourth-order valence-corrected chi connectivity index (χ4v) is 5.41. The summed E-state index contributed by atoms with van der Waals surface area (Å²) in [7, 11) is -3.62. The van der Waals surface area contributed by atoms with Crippen molar-refractivity contribution in [1.82, 2.24) is 24.8 Å². The molecule has 5 rings (SSSR count). The van der Waals surface area contributed by atoms with Crippen molar-refractivity contribution in [2.24, 2.45) is 5.41 Å². The number of sulfonamides is 1. The van der Waals surface area contributed by atoms with Crippen LogP contribution in [0.2, 0.25) is 0 Å². The van der Waals surface area contributed by atoms with Crippen molar-refractivity contribution in [3.63, 3.8) is 0 Å². The van der Waals surface area contributed by atoms with Crippen LogP contribution in [0.15, 0.2) is 58.3 Å². The first-order chi connectivity index (χ1) is 13.8. The van der Waals surface area contributed by atoms with E-state index in [0.717, 1.165) is 18.5 Å². The van der Waals surface area contributed by atoms with Gasteiger partial charge in [-0.25, -0.2) is 13.1 Å². The lowest BCUT2D eigenvalue weighted by Crippen LogP contribution is -2.29. The highest BCUT2D eigenvalue weighted by Crippen LogP contribution is 2.59. The van der Waals surface area contributed by atoms with Crippen LogP contribution in [-0.2, 0) is 15.4 Å². The molecular weight excluding hydrogens is 390 g/mol. The van der Waals surface area contributed by atoms with Crippen LogP contribution in [0, 0.1) is 5.41 Å². The van der Waals surface area contributed by atoms with Crippen molar-refractivity contribution in [2.45, 2.75) is 49.0 Å². The van der Waals surface area contributed by atoms with Crippen LogP contribution in [0.25, 0.3) is 0 Å². The molecule has 0 amide bonds. The van der Waals surface area contributed by atoms with E-state index in [-0.39, 0.29) is 27.7 Å². The molecule has 2 aliphatic rings. The molecule has 2 heterocycles. The quantitative estimate of drug-likeness (QED) is 0.663. The molecule has 150 valence electrons. The lowest BCUT2D eigenvalue weighted by molar-refractivity contribution is 0.352. The van der Waals surface area contributed by atoms with Gasteiger partial charge in [0.15, 0.2) is 5.82 Å². The molecule has 0 aliphatic heterocycles. The lowest BCUT2D eigenvalue weighted by Gasteiger charge is -2.07. The van der Waals surface area contributed by atoms with Crippen LogP contribution in [0.4, 0.5) is 0 Å². The molecular formula is C20H21N5O3S. The van der Waals surface area contributed by atoms with Gasteiger partial charge in [0.1, 0.15) is 0 Å². The molecule has 0 radical (unpaired) electrons. The summed E-state index contributed by atoms with van der Waals surface area (Å²) in [6.07, 6.45) is 6.78. The average molecular weight is 411 g/mol. The Labute approximate surface area is 168 Å². The van der Waals surface area contributed by atoms with Gasteiger partial charge in [0, 0.05) is 30.6 Å². The van der Waals surface area contributed by atoms with Crippen LogP contribution >= 0.6 is 0 Å². The largest absolute Gasteiger partial charge is 0.338 e. The zero-order valence-electron chi connectivity index (χ0n) is 16.1. The third-order valence-corrected chi connectivity index (χ3v) is 7.55. The van der Waals surface area contributed by atoms with E-state index in [1.165, 1.54) is 0 Å². The summed E-state index contributed by atoms with van der Waals surface area (Å²) in [6, 6.07) is 8.06. The molecule has 3 aromatic rings. The minimum absolute atomic E-state index is 0.156. The van der Waals surface area contributed by atoms with Crippen LogP contribution in [0.1, 0.15) is 50.0 Å². The Morgan fingerprint density at radius 2 is 1.90 bits per heavy atom. The van der Waals surface area contributed by atoms with Gasteiger partial charge in [-0.05, 0) is 30.4 Å². The van der Waals surface area contributed by atoms with Gasteiger partial charge in [-0.15, -0.1) is 0 Å². The summed E-state index contributed by atoms with van der Waals surface area (Å²) >= 11 is 0. The van der Waals surface area contributed by atoms with E-state index in [1.54, 1.807) is 48.9 Å². The number of hydrogen-bond acceptors (Lipinski definition) is 7. The number of nitrogens with one attached hydrogen (secondary N) is 1. The Balaban J connectivity index is 1.39. The van der Waals surface area contributed by atoms with E-state index in [1.807, 2.05) is 13.8 Å². The highest BCUT2D eigenvalue weighted by atomic mass is 32.2.